The van der Waals surface area contributed by atoms with Gasteiger partial charge in [-0.15, -0.1) is 0 Å². The van der Waals surface area contributed by atoms with E-state index in [0.717, 1.165) is 0 Å². The molecule has 256 valence electrons. The number of carboxylic acids is 8. The van der Waals surface area contributed by atoms with E-state index in [1.165, 1.54) is 41.5 Å². The van der Waals surface area contributed by atoms with Crippen LogP contribution in [0.25, 0.3) is 0 Å². The molecule has 0 amide bonds. The van der Waals surface area contributed by atoms with Gasteiger partial charge in [-0.25, -0.2) is 9.59 Å². The van der Waals surface area contributed by atoms with E-state index in [-0.39, 0.29) is 64.7 Å². The Kier molecular flexibility index (Phi) is 26.1. The summed E-state index contributed by atoms with van der Waals surface area (Å²) < 4.78 is 0. The number of carboxylic acid groups (broad SMARTS) is 8. The van der Waals surface area contributed by atoms with Crippen LogP contribution in [-0.2, 0) is 64.6 Å². The molecule has 0 aromatic carbocycles. The van der Waals surface area contributed by atoms with Crippen molar-refractivity contribution in [3.8, 4) is 0 Å². The largest absolute Gasteiger partial charge is 4.00 e. The van der Waals surface area contributed by atoms with E-state index in [1.807, 2.05) is 0 Å². The minimum absolute atomic E-state index is 0. The van der Waals surface area contributed by atoms with Gasteiger partial charge in [-0.1, -0.05) is 41.5 Å². The number of rotatable bonds is 16. The van der Waals surface area contributed by atoms with Crippen LogP contribution >= 0.6 is 0 Å². The van der Waals surface area contributed by atoms with E-state index in [0.29, 0.717) is 0 Å². The fraction of sp³-hybridized carbons (Fsp3) is 0.692. The van der Waals surface area contributed by atoms with Crippen molar-refractivity contribution in [2.45, 2.75) is 104 Å². The molecule has 18 nitrogen and oxygen atoms in total. The average molecular weight is 732 g/mol. The van der Waals surface area contributed by atoms with Crippen molar-refractivity contribution in [1.82, 2.24) is 0 Å². The van der Waals surface area contributed by atoms with E-state index in [4.69, 9.17) is 20.4 Å². The van der Waals surface area contributed by atoms with Crippen molar-refractivity contribution in [2.24, 2.45) is 10.8 Å². The van der Waals surface area contributed by atoms with E-state index in [2.05, 4.69) is 0 Å². The first kappa shape index (κ1) is 51.2. The van der Waals surface area contributed by atoms with Gasteiger partial charge < -0.3 is 70.2 Å². The predicted molar refractivity (Wildman–Crippen MR) is 136 cm³/mol. The Morgan fingerprint density at radius 2 is 0.756 bits per heavy atom. The molecule has 0 aromatic heterocycles. The van der Waals surface area contributed by atoms with E-state index >= 15 is 0 Å². The maximum Gasteiger partial charge on any atom is 4.00 e. The fourth-order valence-electron chi connectivity index (χ4n) is 3.93. The molecular weight excluding hydrogens is 691 g/mol. The molecule has 0 spiro atoms. The van der Waals surface area contributed by atoms with Crippen LogP contribution in [0, 0.1) is 10.8 Å². The van der Waals surface area contributed by atoms with Crippen LogP contribution in [0.15, 0.2) is 0 Å². The van der Waals surface area contributed by atoms with Crippen LogP contribution in [-0.4, -0.2) is 89.6 Å². The molecule has 2 unspecified atom stereocenters. The molecule has 0 aliphatic carbocycles. The van der Waals surface area contributed by atoms with Crippen molar-refractivity contribution >= 4 is 47.8 Å². The number of aliphatic hydroxyl groups is 2. The number of carbonyl (C=O) groups is 8. The standard InChI is InChI=1S/2C10H16O7.2C3H6O2.Zr/c2*1-3-9(4-2,7(13)14)10(17,8(15)16)5-6(11)12;2*1-2-3(4)5;/h2*17H,3-5H2,1-2H3,(H,11,12)(H,13,14)(H,15,16);2*2H2,1H3,(H,4,5);/q;;;;+4/p-4. The van der Waals surface area contributed by atoms with Crippen LogP contribution in [0.1, 0.15) is 92.9 Å². The van der Waals surface area contributed by atoms with Crippen LogP contribution in [0.5, 0.6) is 0 Å². The quantitative estimate of drug-likeness (QED) is 0.0879. The Labute approximate surface area is 277 Å². The SMILES string of the molecule is CCC(=O)[O-].CCC(=O)[O-].CCC(CC)(C(=O)O)C(O)(CC(=O)O)C(=O)O.CCC(CC)(C(=O)[O-])C(O)(CC(=O)[O-])C(=O)O.[Zr+4]. The zero-order chi connectivity index (χ0) is 36.3. The zero-order valence-electron chi connectivity index (χ0n) is 25.7. The normalized spacial score (nSPS) is 13.0. The number of hydrogen-bond donors (Lipinski definition) is 6. The minimum Gasteiger partial charge on any atom is -0.550 e. The molecular formula is C26H40O18Zr. The first-order valence-electron chi connectivity index (χ1n) is 13.1. The summed E-state index contributed by atoms with van der Waals surface area (Å²) in [6, 6.07) is 0. The summed E-state index contributed by atoms with van der Waals surface area (Å²) in [6.45, 7) is 8.54. The molecule has 0 rings (SSSR count). The summed E-state index contributed by atoms with van der Waals surface area (Å²) in [7, 11) is 0. The van der Waals surface area contributed by atoms with Crippen molar-refractivity contribution in [3.63, 3.8) is 0 Å². The third-order valence-corrected chi connectivity index (χ3v) is 6.89. The minimum atomic E-state index is -2.95. The number of aliphatic carboxylic acids is 8. The molecule has 19 heteroatoms. The van der Waals surface area contributed by atoms with Crippen molar-refractivity contribution < 1.29 is 116 Å². The van der Waals surface area contributed by atoms with Crippen LogP contribution in [0.4, 0.5) is 0 Å². The maximum atomic E-state index is 11.2. The van der Waals surface area contributed by atoms with Gasteiger partial charge in [0.2, 0.25) is 0 Å². The Balaban J connectivity index is -0.000000179. The van der Waals surface area contributed by atoms with Gasteiger partial charge in [0.05, 0.1) is 12.4 Å². The molecule has 6 N–H and O–H groups in total. The van der Waals surface area contributed by atoms with E-state index in [9.17, 15) is 69.0 Å². The van der Waals surface area contributed by atoms with Crippen molar-refractivity contribution in [3.05, 3.63) is 0 Å². The molecule has 0 radical (unpaired) electrons. The monoisotopic (exact) mass is 730 g/mol. The first-order valence-corrected chi connectivity index (χ1v) is 13.1. The average Bonchev–Trinajstić information content (AvgIpc) is 2.90. The van der Waals surface area contributed by atoms with Crippen molar-refractivity contribution in [2.75, 3.05) is 0 Å². The van der Waals surface area contributed by atoms with Crippen molar-refractivity contribution in [1.29, 1.82) is 0 Å². The van der Waals surface area contributed by atoms with Crippen LogP contribution in [0.3, 0.4) is 0 Å². The Morgan fingerprint density at radius 1 is 0.489 bits per heavy atom. The summed E-state index contributed by atoms with van der Waals surface area (Å²) >= 11 is 0. The second-order valence-corrected chi connectivity index (χ2v) is 9.07. The summed E-state index contributed by atoms with van der Waals surface area (Å²) in [5, 5.41) is 95.5. The maximum absolute atomic E-state index is 11.2. The molecule has 0 aromatic rings. The van der Waals surface area contributed by atoms with Gasteiger partial charge in [0.15, 0.2) is 11.2 Å². The first-order chi connectivity index (χ1) is 19.9. The van der Waals surface area contributed by atoms with E-state index < -0.39 is 82.6 Å². The molecule has 0 saturated heterocycles. The Bertz CT molecular complexity index is 937. The third-order valence-electron chi connectivity index (χ3n) is 6.89. The summed E-state index contributed by atoms with van der Waals surface area (Å²) in [5.41, 5.74) is -9.96. The molecule has 45 heavy (non-hydrogen) atoms. The molecule has 2 atom stereocenters. The van der Waals surface area contributed by atoms with Crippen LogP contribution in [0.2, 0.25) is 0 Å². The summed E-state index contributed by atoms with van der Waals surface area (Å²) in [6.07, 6.45) is -3.16. The van der Waals surface area contributed by atoms with Gasteiger partial charge in [0.1, 0.15) is 5.41 Å². The topological polar surface area (TPSA) is 350 Å². The molecule has 0 aliphatic rings. The van der Waals surface area contributed by atoms with Gasteiger partial charge in [0.25, 0.3) is 0 Å². The fourth-order valence-corrected chi connectivity index (χ4v) is 3.93. The smallest absolute Gasteiger partial charge is 0.550 e. The Morgan fingerprint density at radius 3 is 0.889 bits per heavy atom. The molecule has 0 heterocycles. The third kappa shape index (κ3) is 14.5. The number of carbonyl (C=O) groups excluding carboxylic acids is 4. The number of hydrogen-bond acceptors (Lipinski definition) is 14. The molecule has 0 aliphatic heterocycles. The summed E-state index contributed by atoms with van der Waals surface area (Å²) in [5.74, 6) is -12.5. The second-order valence-electron chi connectivity index (χ2n) is 9.07. The predicted octanol–water partition coefficient (Wildman–Crippen LogP) is -4.04. The zero-order valence-corrected chi connectivity index (χ0v) is 28.2. The van der Waals surface area contributed by atoms with Crippen LogP contribution < -0.4 is 20.4 Å². The van der Waals surface area contributed by atoms with E-state index in [1.54, 1.807) is 0 Å². The van der Waals surface area contributed by atoms with Gasteiger partial charge in [-0.3, -0.25) is 9.59 Å². The molecule has 0 saturated carbocycles. The second kappa shape index (κ2) is 23.0. The summed E-state index contributed by atoms with van der Waals surface area (Å²) in [4.78, 5) is 83.9. The van der Waals surface area contributed by atoms with Gasteiger partial charge in [-0.05, 0) is 38.5 Å². The van der Waals surface area contributed by atoms with Gasteiger partial charge in [0, 0.05) is 29.7 Å². The Hall–Kier alpha value is -3.44. The van der Waals surface area contributed by atoms with Gasteiger partial charge >= 0.3 is 50.1 Å². The van der Waals surface area contributed by atoms with Gasteiger partial charge in [-0.2, -0.15) is 0 Å². The molecule has 0 bridgehead atoms. The molecule has 0 fully saturated rings.